The van der Waals surface area contributed by atoms with E-state index in [9.17, 15) is 4.79 Å². The fourth-order valence-electron chi connectivity index (χ4n) is 2.40. The molecule has 1 amide bonds. The molecule has 1 heterocycles. The number of aromatic nitrogens is 1. The molecule has 0 aliphatic carbocycles. The van der Waals surface area contributed by atoms with Crippen molar-refractivity contribution < 1.29 is 14.1 Å². The van der Waals surface area contributed by atoms with Gasteiger partial charge in [0.15, 0.2) is 5.11 Å². The number of hydrogen-bond acceptors (Lipinski definition) is 5. The molecule has 0 radical (unpaired) electrons. The molecule has 28 heavy (non-hydrogen) atoms. The fourth-order valence-corrected chi connectivity index (χ4v) is 2.61. The van der Waals surface area contributed by atoms with Crippen LogP contribution in [0, 0.1) is 13.8 Å². The van der Waals surface area contributed by atoms with Crippen LogP contribution in [0.15, 0.2) is 59.1 Å². The Morgan fingerprint density at radius 2 is 1.71 bits per heavy atom. The number of ether oxygens (including phenoxy) is 1. The highest BCUT2D eigenvalue weighted by molar-refractivity contribution is 7.80. The summed E-state index contributed by atoms with van der Waals surface area (Å²) in [5.41, 5.74) is 1.60. The summed E-state index contributed by atoms with van der Waals surface area (Å²) in [5.74, 6) is 1.47. The van der Waals surface area contributed by atoms with Crippen LogP contribution in [0.4, 0.5) is 5.69 Å². The predicted octanol–water partition coefficient (Wildman–Crippen LogP) is 5.24. The van der Waals surface area contributed by atoms with Gasteiger partial charge < -0.3 is 14.6 Å². The maximum Gasteiger partial charge on any atom is 0.262 e. The number of carbonyl (C=O) groups is 1. The zero-order valence-corrected chi connectivity index (χ0v) is 17.1. The molecule has 0 saturated heterocycles. The van der Waals surface area contributed by atoms with E-state index in [1.807, 2.05) is 62.4 Å². The topological polar surface area (TPSA) is 76.4 Å². The van der Waals surface area contributed by atoms with Crippen molar-refractivity contribution in [2.75, 3.05) is 5.32 Å². The highest BCUT2D eigenvalue weighted by Gasteiger charge is 2.18. The van der Waals surface area contributed by atoms with Gasteiger partial charge in [-0.05, 0) is 50.3 Å². The Labute approximate surface area is 169 Å². The molecule has 6 nitrogen and oxygen atoms in total. The number of hydrogen-bond donors (Lipinski definition) is 2. The van der Waals surface area contributed by atoms with Crippen molar-refractivity contribution in [3.05, 3.63) is 71.6 Å². The molecule has 0 saturated carbocycles. The largest absolute Gasteiger partial charge is 0.457 e. The first-order valence-corrected chi connectivity index (χ1v) is 9.32. The van der Waals surface area contributed by atoms with Gasteiger partial charge in [0.2, 0.25) is 0 Å². The molecule has 0 spiro atoms. The number of rotatable bonds is 4. The number of aryl methyl sites for hydroxylation is 2. The Kier molecular flexibility index (Phi) is 7.71. The van der Waals surface area contributed by atoms with Crippen LogP contribution in [-0.2, 0) is 0 Å². The highest BCUT2D eigenvalue weighted by Crippen LogP contribution is 2.23. The lowest BCUT2D eigenvalue weighted by Gasteiger charge is -2.11. The number of para-hydroxylation sites is 1. The van der Waals surface area contributed by atoms with Crippen molar-refractivity contribution in [1.82, 2.24) is 10.5 Å². The van der Waals surface area contributed by atoms with Crippen molar-refractivity contribution in [2.24, 2.45) is 0 Å². The van der Waals surface area contributed by atoms with Crippen molar-refractivity contribution in [1.29, 1.82) is 0 Å². The lowest BCUT2D eigenvalue weighted by atomic mass is 10.2. The Morgan fingerprint density at radius 1 is 1.04 bits per heavy atom. The van der Waals surface area contributed by atoms with Gasteiger partial charge in [-0.15, -0.1) is 0 Å². The molecule has 0 aliphatic rings. The minimum atomic E-state index is -0.365. The van der Waals surface area contributed by atoms with Gasteiger partial charge in [-0.3, -0.25) is 10.1 Å². The van der Waals surface area contributed by atoms with Crippen molar-refractivity contribution in [3.8, 4) is 11.5 Å². The predicted molar refractivity (Wildman–Crippen MR) is 114 cm³/mol. The average molecular weight is 398 g/mol. The number of nitrogens with one attached hydrogen (secondary N) is 2. The highest BCUT2D eigenvalue weighted by atomic mass is 32.1. The molecule has 7 heteroatoms. The lowest BCUT2D eigenvalue weighted by molar-refractivity contribution is 0.0976. The maximum absolute atomic E-state index is 12.3. The van der Waals surface area contributed by atoms with E-state index in [-0.39, 0.29) is 11.0 Å². The Balaban J connectivity index is 0.00000136. The summed E-state index contributed by atoms with van der Waals surface area (Å²) >= 11 is 5.21. The first kappa shape index (κ1) is 21.1. The monoisotopic (exact) mass is 397 g/mol. The number of amides is 1. The second-order valence-electron chi connectivity index (χ2n) is 5.55. The van der Waals surface area contributed by atoms with E-state index in [1.165, 1.54) is 0 Å². The third kappa shape index (κ3) is 5.65. The summed E-state index contributed by atoms with van der Waals surface area (Å²) in [4.78, 5) is 12.3. The van der Waals surface area contributed by atoms with Gasteiger partial charge in [-0.2, -0.15) is 0 Å². The molecule has 0 unspecified atom stereocenters. The normalized spacial score (nSPS) is 9.71. The van der Waals surface area contributed by atoms with E-state index in [2.05, 4.69) is 15.8 Å². The zero-order chi connectivity index (χ0) is 20.5. The van der Waals surface area contributed by atoms with Crippen LogP contribution in [0.2, 0.25) is 0 Å². The first-order valence-electron chi connectivity index (χ1n) is 8.91. The van der Waals surface area contributed by atoms with Gasteiger partial charge in [0.25, 0.3) is 5.91 Å². The van der Waals surface area contributed by atoms with E-state index >= 15 is 0 Å². The molecule has 2 aromatic carbocycles. The summed E-state index contributed by atoms with van der Waals surface area (Å²) in [6.45, 7) is 7.38. The van der Waals surface area contributed by atoms with Crippen molar-refractivity contribution >= 4 is 28.9 Å². The summed E-state index contributed by atoms with van der Waals surface area (Å²) in [6, 6.07) is 16.7. The fraction of sp³-hybridized carbons (Fsp3) is 0.190. The van der Waals surface area contributed by atoms with Crippen molar-refractivity contribution in [3.63, 3.8) is 0 Å². The van der Waals surface area contributed by atoms with Crippen LogP contribution in [0.1, 0.15) is 35.7 Å². The lowest BCUT2D eigenvalue weighted by Crippen LogP contribution is -2.34. The van der Waals surface area contributed by atoms with E-state index in [4.69, 9.17) is 21.5 Å². The number of thiocarbonyl (C=S) groups is 1. The molecule has 0 bridgehead atoms. The van der Waals surface area contributed by atoms with Crippen LogP contribution in [-0.4, -0.2) is 16.2 Å². The second kappa shape index (κ2) is 10.2. The smallest absolute Gasteiger partial charge is 0.262 e. The summed E-state index contributed by atoms with van der Waals surface area (Å²) in [6.07, 6.45) is 0. The van der Waals surface area contributed by atoms with Gasteiger partial charge in [0.1, 0.15) is 22.8 Å². The van der Waals surface area contributed by atoms with E-state index < -0.39 is 0 Å². The minimum Gasteiger partial charge on any atom is -0.457 e. The summed E-state index contributed by atoms with van der Waals surface area (Å²) in [5, 5.41) is 9.53. The summed E-state index contributed by atoms with van der Waals surface area (Å²) < 4.78 is 10.8. The van der Waals surface area contributed by atoms with Crippen molar-refractivity contribution in [2.45, 2.75) is 27.7 Å². The van der Waals surface area contributed by atoms with Crippen LogP contribution in [0.5, 0.6) is 11.5 Å². The molecule has 0 atom stereocenters. The van der Waals surface area contributed by atoms with Gasteiger partial charge in [-0.1, -0.05) is 43.3 Å². The Morgan fingerprint density at radius 3 is 2.36 bits per heavy atom. The molecular formula is C21H23N3O3S. The third-order valence-corrected chi connectivity index (χ3v) is 3.76. The van der Waals surface area contributed by atoms with E-state index in [1.54, 1.807) is 19.9 Å². The third-order valence-electron chi connectivity index (χ3n) is 3.56. The molecule has 0 aliphatic heterocycles. The molecule has 1 aromatic heterocycles. The number of benzene rings is 2. The molecular weight excluding hydrogens is 374 g/mol. The molecule has 0 fully saturated rings. The van der Waals surface area contributed by atoms with Crippen LogP contribution < -0.4 is 15.4 Å². The van der Waals surface area contributed by atoms with E-state index in [0.29, 0.717) is 28.5 Å². The Bertz CT molecular complexity index is 920. The average Bonchev–Trinajstić information content (AvgIpc) is 3.02. The van der Waals surface area contributed by atoms with Gasteiger partial charge >= 0.3 is 0 Å². The number of anilines is 1. The number of carbonyl (C=O) groups excluding carboxylic acids is 1. The summed E-state index contributed by atoms with van der Waals surface area (Å²) in [7, 11) is 0. The SMILES string of the molecule is CC.Cc1noc(C)c1C(=O)NC(=S)Nc1cccc(Oc2ccccc2)c1. The first-order chi connectivity index (χ1) is 13.5. The van der Waals surface area contributed by atoms with Gasteiger partial charge in [0, 0.05) is 11.8 Å². The molecule has 146 valence electrons. The van der Waals surface area contributed by atoms with Crippen LogP contribution >= 0.6 is 12.2 Å². The Hall–Kier alpha value is -3.19. The van der Waals surface area contributed by atoms with E-state index in [0.717, 1.165) is 5.75 Å². The standard InChI is InChI=1S/C19H17N3O3S.C2H6/c1-12-17(13(2)25-22-12)18(23)21-19(26)20-14-7-6-10-16(11-14)24-15-8-4-3-5-9-15;1-2/h3-11H,1-2H3,(H2,20,21,23,26);1-2H3. The molecule has 2 N–H and O–H groups in total. The molecule has 3 rings (SSSR count). The van der Waals surface area contributed by atoms with Gasteiger partial charge in [-0.25, -0.2) is 0 Å². The molecule has 3 aromatic rings. The second-order valence-corrected chi connectivity index (χ2v) is 5.96. The number of nitrogens with zero attached hydrogens (tertiary/aromatic N) is 1. The maximum atomic E-state index is 12.3. The minimum absolute atomic E-state index is 0.173. The quantitative estimate of drug-likeness (QED) is 0.587. The zero-order valence-electron chi connectivity index (χ0n) is 16.3. The van der Waals surface area contributed by atoms with Crippen LogP contribution in [0.3, 0.4) is 0 Å². The van der Waals surface area contributed by atoms with Crippen LogP contribution in [0.25, 0.3) is 0 Å². The van der Waals surface area contributed by atoms with Gasteiger partial charge in [0.05, 0.1) is 5.69 Å².